The molecule has 44 heavy (non-hydrogen) atoms. The lowest BCUT2D eigenvalue weighted by molar-refractivity contribution is -0.142. The Morgan fingerprint density at radius 1 is 1.14 bits per heavy atom. The molecule has 0 spiro atoms. The highest BCUT2D eigenvalue weighted by Gasteiger charge is 2.34. The van der Waals surface area contributed by atoms with Crippen molar-refractivity contribution in [3.63, 3.8) is 0 Å². The molecule has 3 N–H and O–H groups in total. The molecular weight excluding hydrogens is 583 g/mol. The van der Waals surface area contributed by atoms with Crippen molar-refractivity contribution in [2.45, 2.75) is 51.6 Å². The van der Waals surface area contributed by atoms with Gasteiger partial charge in [0.1, 0.15) is 18.1 Å². The number of pyridine rings is 1. The monoisotopic (exact) mass is 616 g/mol. The van der Waals surface area contributed by atoms with Crippen molar-refractivity contribution >= 4 is 40.4 Å². The van der Waals surface area contributed by atoms with Crippen molar-refractivity contribution < 1.29 is 18.7 Å². The van der Waals surface area contributed by atoms with Gasteiger partial charge in [-0.25, -0.2) is 4.39 Å². The van der Waals surface area contributed by atoms with Gasteiger partial charge in [-0.1, -0.05) is 0 Å². The molecule has 4 aromatic rings. The Hall–Kier alpha value is -4.29. The molecule has 1 saturated heterocycles. The number of amides is 1. The molecule has 7 rings (SSSR count). The van der Waals surface area contributed by atoms with Gasteiger partial charge in [-0.2, -0.15) is 5.10 Å². The summed E-state index contributed by atoms with van der Waals surface area (Å²) in [6, 6.07) is 6.20. The summed E-state index contributed by atoms with van der Waals surface area (Å²) >= 11 is 1.56. The number of hydrogen-bond donors (Lipinski definition) is 3. The third kappa shape index (κ3) is 5.11. The fourth-order valence-electron chi connectivity index (χ4n) is 6.40. The van der Waals surface area contributed by atoms with Gasteiger partial charge < -0.3 is 24.8 Å². The maximum atomic E-state index is 15.5. The number of carbonyl (C=O) groups is 2. The number of fused-ring (bicyclic) bond motifs is 3. The average Bonchev–Trinajstić information content (AvgIpc) is 3.58. The van der Waals surface area contributed by atoms with E-state index < -0.39 is 11.8 Å². The van der Waals surface area contributed by atoms with Crippen LogP contribution in [-0.4, -0.2) is 46.3 Å². The third-order valence-corrected chi connectivity index (χ3v) is 10.1. The van der Waals surface area contributed by atoms with E-state index in [9.17, 15) is 14.4 Å². The zero-order valence-corrected chi connectivity index (χ0v) is 25.4. The number of aryl methyl sites for hydroxylation is 2. The summed E-state index contributed by atoms with van der Waals surface area (Å²) in [6.45, 7) is 3.26. The van der Waals surface area contributed by atoms with Gasteiger partial charge in [0.05, 0.1) is 10.6 Å². The Morgan fingerprint density at radius 2 is 1.95 bits per heavy atom. The Labute approximate surface area is 257 Å². The highest BCUT2D eigenvalue weighted by molar-refractivity contribution is 7.14. The van der Waals surface area contributed by atoms with E-state index in [1.165, 1.54) is 34.1 Å². The predicted octanol–water partition coefficient (Wildman–Crippen LogP) is 4.55. The highest BCUT2D eigenvalue weighted by Crippen LogP contribution is 2.41. The summed E-state index contributed by atoms with van der Waals surface area (Å²) < 4.78 is 22.3. The zero-order chi connectivity index (χ0) is 30.5. The molecule has 1 aromatic carbocycles. The Morgan fingerprint density at radius 3 is 2.73 bits per heavy atom. The summed E-state index contributed by atoms with van der Waals surface area (Å²) in [5.74, 6) is -0.363. The number of aromatic nitrogens is 3. The van der Waals surface area contributed by atoms with E-state index in [0.29, 0.717) is 47.1 Å². The summed E-state index contributed by atoms with van der Waals surface area (Å²) in [4.78, 5) is 42.7. The van der Waals surface area contributed by atoms with Crippen molar-refractivity contribution in [2.75, 3.05) is 29.9 Å². The molecule has 1 fully saturated rings. The SMILES string of the molecule is CC(=O)OCc1c(-c2cc(Nc3cc(C4CNC4)[nH]n3)c(=O)n(C)c2)cc(F)cc1N1CCc2c(sc3c2CCCC3)C1=O. The lowest BCUT2D eigenvalue weighted by Crippen LogP contribution is -2.40. The number of benzene rings is 1. The normalized spacial score (nSPS) is 16.3. The molecule has 228 valence electrons. The minimum atomic E-state index is -0.542. The van der Waals surface area contributed by atoms with Gasteiger partial charge >= 0.3 is 5.97 Å². The molecule has 5 heterocycles. The van der Waals surface area contributed by atoms with Crippen molar-refractivity contribution in [3.05, 3.63) is 78.8 Å². The second-order valence-corrected chi connectivity index (χ2v) is 12.8. The fourth-order valence-corrected chi connectivity index (χ4v) is 7.78. The molecule has 2 aliphatic heterocycles. The van der Waals surface area contributed by atoms with Crippen LogP contribution in [0, 0.1) is 5.82 Å². The van der Waals surface area contributed by atoms with Crippen LogP contribution in [0.3, 0.4) is 0 Å². The van der Waals surface area contributed by atoms with Gasteiger partial charge in [0, 0.05) is 73.5 Å². The van der Waals surface area contributed by atoms with Gasteiger partial charge in [0.15, 0.2) is 5.82 Å². The summed E-state index contributed by atoms with van der Waals surface area (Å²) in [6.07, 6.45) is 6.54. The number of hydrogen-bond acceptors (Lipinski definition) is 8. The summed E-state index contributed by atoms with van der Waals surface area (Å²) in [7, 11) is 1.62. The van der Waals surface area contributed by atoms with E-state index in [-0.39, 0.29) is 23.8 Å². The fraction of sp³-hybridized carbons (Fsp3) is 0.375. The minimum Gasteiger partial charge on any atom is -0.461 e. The molecule has 12 heteroatoms. The molecule has 0 saturated carbocycles. The Bertz CT molecular complexity index is 1860. The first kappa shape index (κ1) is 28.5. The van der Waals surface area contributed by atoms with Gasteiger partial charge in [0.25, 0.3) is 11.5 Å². The van der Waals surface area contributed by atoms with Crippen LogP contribution >= 0.6 is 11.3 Å². The maximum Gasteiger partial charge on any atom is 0.302 e. The largest absolute Gasteiger partial charge is 0.461 e. The average molecular weight is 617 g/mol. The van der Waals surface area contributed by atoms with Crippen LogP contribution in [0.15, 0.2) is 35.3 Å². The van der Waals surface area contributed by atoms with Crippen molar-refractivity contribution in [1.29, 1.82) is 0 Å². The van der Waals surface area contributed by atoms with E-state index in [4.69, 9.17) is 4.74 Å². The van der Waals surface area contributed by atoms with Crippen molar-refractivity contribution in [3.8, 4) is 11.1 Å². The molecule has 3 aromatic heterocycles. The predicted molar refractivity (Wildman–Crippen MR) is 166 cm³/mol. The number of aromatic amines is 1. The van der Waals surface area contributed by atoms with Gasteiger partial charge in [-0.05, 0) is 67.0 Å². The van der Waals surface area contributed by atoms with E-state index in [2.05, 4.69) is 20.8 Å². The first-order valence-electron chi connectivity index (χ1n) is 14.9. The van der Waals surface area contributed by atoms with Crippen molar-refractivity contribution in [1.82, 2.24) is 20.1 Å². The number of rotatable bonds is 7. The molecule has 1 aliphatic carbocycles. The van der Waals surface area contributed by atoms with Gasteiger partial charge in [-0.3, -0.25) is 19.5 Å². The number of thiophene rings is 1. The molecule has 0 atom stereocenters. The van der Waals surface area contributed by atoms with Crippen LogP contribution in [0.25, 0.3) is 11.1 Å². The number of halogens is 1. The van der Waals surface area contributed by atoms with E-state index in [1.54, 1.807) is 35.5 Å². The quantitative estimate of drug-likeness (QED) is 0.261. The number of esters is 1. The standard InChI is InChI=1S/C32H33FN6O4S/c1-17(40)43-16-24-23(18-9-26(31(41)38(2)15-18)35-29-12-25(36-37-29)19-13-34-14-19)10-20(33)11-27(24)39-8-7-22-21-5-3-4-6-28(21)44-30(22)32(39)42/h9-12,15,19,34H,3-8,13-14,16H2,1-2H3,(H2,35,36,37). The van der Waals surface area contributed by atoms with Crippen LogP contribution in [0.1, 0.15) is 62.6 Å². The molecule has 0 radical (unpaired) electrons. The topological polar surface area (TPSA) is 121 Å². The second kappa shape index (κ2) is 11.3. The molecule has 10 nitrogen and oxygen atoms in total. The first-order chi connectivity index (χ1) is 21.3. The molecular formula is C32H33FN6O4S. The van der Waals surface area contributed by atoms with Gasteiger partial charge in [0.2, 0.25) is 0 Å². The lowest BCUT2D eigenvalue weighted by Gasteiger charge is -2.30. The van der Waals surface area contributed by atoms with E-state index >= 15 is 4.39 Å². The van der Waals surface area contributed by atoms with Gasteiger partial charge in [-0.15, -0.1) is 11.3 Å². The number of anilines is 3. The lowest BCUT2D eigenvalue weighted by atomic mass is 9.91. The molecule has 0 unspecified atom stereocenters. The molecule has 3 aliphatic rings. The zero-order valence-electron chi connectivity index (χ0n) is 24.6. The number of carbonyl (C=O) groups excluding carboxylic acids is 2. The van der Waals surface area contributed by atoms with Crippen molar-refractivity contribution in [2.24, 2.45) is 7.05 Å². The molecule has 1 amide bonds. The Balaban J connectivity index is 1.29. The highest BCUT2D eigenvalue weighted by atomic mass is 32.1. The Kier molecular flexibility index (Phi) is 7.33. The van der Waals surface area contributed by atoms with E-state index in [0.717, 1.165) is 54.9 Å². The van der Waals surface area contributed by atoms with Crippen LogP contribution in [0.2, 0.25) is 0 Å². The minimum absolute atomic E-state index is 0.162. The second-order valence-electron chi connectivity index (χ2n) is 11.7. The number of nitrogens with one attached hydrogen (secondary N) is 3. The maximum absolute atomic E-state index is 15.5. The number of nitrogens with zero attached hydrogens (tertiary/aromatic N) is 3. The van der Waals surface area contributed by atoms with Crippen LogP contribution in [-0.2, 0) is 42.4 Å². The summed E-state index contributed by atoms with van der Waals surface area (Å²) in [5, 5.41) is 13.7. The first-order valence-corrected chi connectivity index (χ1v) is 15.7. The van der Waals surface area contributed by atoms with E-state index in [1.807, 2.05) is 6.07 Å². The molecule has 0 bridgehead atoms. The number of ether oxygens (including phenoxy) is 1. The van der Waals surface area contributed by atoms with Crippen LogP contribution < -0.4 is 21.1 Å². The smallest absolute Gasteiger partial charge is 0.302 e. The van der Waals surface area contributed by atoms with Crippen LogP contribution in [0.5, 0.6) is 0 Å². The van der Waals surface area contributed by atoms with Crippen LogP contribution in [0.4, 0.5) is 21.6 Å². The number of H-pyrrole nitrogens is 1. The third-order valence-electron chi connectivity index (χ3n) is 8.78. The summed E-state index contributed by atoms with van der Waals surface area (Å²) in [5.41, 5.74) is 5.18.